The maximum absolute atomic E-state index is 5.05. The van der Waals surface area contributed by atoms with Gasteiger partial charge < -0.3 is 4.90 Å². The van der Waals surface area contributed by atoms with Gasteiger partial charge in [0.05, 0.1) is 0 Å². The first-order chi connectivity index (χ1) is 13.0. The van der Waals surface area contributed by atoms with Gasteiger partial charge in [-0.1, -0.05) is 47.5 Å². The molecule has 0 bridgehead atoms. The lowest BCUT2D eigenvalue weighted by Gasteiger charge is -2.34. The van der Waals surface area contributed by atoms with Gasteiger partial charge in [-0.15, -0.1) is 0 Å². The van der Waals surface area contributed by atoms with Gasteiger partial charge in [0.2, 0.25) is 5.84 Å². The summed E-state index contributed by atoms with van der Waals surface area (Å²) in [7, 11) is 4.15. The van der Waals surface area contributed by atoms with Crippen LogP contribution >= 0.6 is 0 Å². The lowest BCUT2D eigenvalue weighted by molar-refractivity contribution is -0.722. The number of aryl methyl sites for hydroxylation is 2. The molecule has 0 spiro atoms. The quantitative estimate of drug-likeness (QED) is 0.704. The normalized spacial score (nSPS) is 20.7. The van der Waals surface area contributed by atoms with Gasteiger partial charge in [-0.05, 0) is 38.1 Å². The van der Waals surface area contributed by atoms with E-state index in [4.69, 9.17) is 4.99 Å². The number of hydrogen-bond acceptors (Lipinski definition) is 2. The molecule has 3 nitrogen and oxygen atoms in total. The van der Waals surface area contributed by atoms with Crippen molar-refractivity contribution < 1.29 is 4.48 Å². The third kappa shape index (κ3) is 3.04. The summed E-state index contributed by atoms with van der Waals surface area (Å²) in [6.07, 6.45) is 8.64. The fraction of sp³-hybridized carbons (Fsp3) is 0.208. The third-order valence-corrected chi connectivity index (χ3v) is 5.13. The summed E-state index contributed by atoms with van der Waals surface area (Å²) in [4.78, 5) is 7.18. The van der Waals surface area contributed by atoms with Crippen LogP contribution in [-0.2, 0) is 6.54 Å². The molecule has 1 unspecified atom stereocenters. The van der Waals surface area contributed by atoms with Crippen LogP contribution in [0.4, 0.5) is 0 Å². The summed E-state index contributed by atoms with van der Waals surface area (Å²) >= 11 is 0. The van der Waals surface area contributed by atoms with Crippen LogP contribution in [0.15, 0.2) is 83.8 Å². The molecule has 0 amide bonds. The number of hydrogen-bond donors (Lipinski definition) is 0. The Kier molecular flexibility index (Phi) is 4.33. The maximum Gasteiger partial charge on any atom is 0.239 e. The van der Waals surface area contributed by atoms with Gasteiger partial charge in [-0.3, -0.25) is 0 Å². The fourth-order valence-electron chi connectivity index (χ4n) is 4.07. The van der Waals surface area contributed by atoms with Crippen molar-refractivity contribution in [1.29, 1.82) is 0 Å². The molecule has 2 aliphatic rings. The minimum absolute atomic E-state index is 0.622. The number of quaternary nitrogens is 1. The Morgan fingerprint density at radius 3 is 2.30 bits per heavy atom. The van der Waals surface area contributed by atoms with Crippen molar-refractivity contribution in [2.45, 2.75) is 20.4 Å². The van der Waals surface area contributed by atoms with E-state index >= 15 is 0 Å². The van der Waals surface area contributed by atoms with Crippen molar-refractivity contribution in [3.05, 3.63) is 101 Å². The standard InChI is InChI=1S/C24H26N3/c1-18-14-19(2)16-21(15-18)23-24(26(3)4)25-22-12-8-9-13-27(22,23)17-20-10-6-5-7-11-20/h5-16H,17H2,1-4H3/q+1. The van der Waals surface area contributed by atoms with Crippen LogP contribution in [0.25, 0.3) is 5.70 Å². The van der Waals surface area contributed by atoms with E-state index in [1.165, 1.54) is 28.0 Å². The van der Waals surface area contributed by atoms with E-state index in [1.807, 2.05) is 0 Å². The highest BCUT2D eigenvalue weighted by Gasteiger charge is 2.46. The zero-order valence-electron chi connectivity index (χ0n) is 16.5. The molecular formula is C24H26N3+. The molecule has 0 radical (unpaired) electrons. The van der Waals surface area contributed by atoms with Crippen LogP contribution < -0.4 is 0 Å². The highest BCUT2D eigenvalue weighted by atomic mass is 15.5. The number of benzene rings is 2. The first-order valence-corrected chi connectivity index (χ1v) is 9.37. The highest BCUT2D eigenvalue weighted by molar-refractivity contribution is 5.97. The van der Waals surface area contributed by atoms with E-state index in [0.29, 0.717) is 4.48 Å². The maximum atomic E-state index is 5.05. The average molecular weight is 356 g/mol. The van der Waals surface area contributed by atoms with Crippen molar-refractivity contribution in [3.63, 3.8) is 0 Å². The van der Waals surface area contributed by atoms with Gasteiger partial charge in [0.1, 0.15) is 12.7 Å². The van der Waals surface area contributed by atoms with Gasteiger partial charge in [0, 0.05) is 31.3 Å². The summed E-state index contributed by atoms with van der Waals surface area (Å²) in [5.41, 5.74) is 6.33. The van der Waals surface area contributed by atoms with Crippen molar-refractivity contribution in [2.24, 2.45) is 4.99 Å². The zero-order chi connectivity index (χ0) is 19.0. The Morgan fingerprint density at radius 1 is 0.926 bits per heavy atom. The number of allylic oxidation sites excluding steroid dienone is 2. The van der Waals surface area contributed by atoms with Gasteiger partial charge in [-0.25, -0.2) is 4.48 Å². The van der Waals surface area contributed by atoms with Crippen LogP contribution in [0.2, 0.25) is 0 Å². The molecule has 2 aromatic carbocycles. The van der Waals surface area contributed by atoms with Crippen molar-refractivity contribution in [3.8, 4) is 0 Å². The minimum atomic E-state index is 0.622. The topological polar surface area (TPSA) is 15.6 Å². The molecular weight excluding hydrogens is 330 g/mol. The minimum Gasteiger partial charge on any atom is -0.358 e. The molecule has 27 heavy (non-hydrogen) atoms. The molecule has 0 aromatic heterocycles. The van der Waals surface area contributed by atoms with E-state index in [1.54, 1.807) is 0 Å². The molecule has 2 heterocycles. The second-order valence-corrected chi connectivity index (χ2v) is 7.63. The monoisotopic (exact) mass is 356 g/mol. The summed E-state index contributed by atoms with van der Waals surface area (Å²) in [5.74, 6) is 2.10. The van der Waals surface area contributed by atoms with Gasteiger partial charge >= 0.3 is 0 Å². The van der Waals surface area contributed by atoms with Crippen LogP contribution in [0.1, 0.15) is 22.3 Å². The second-order valence-electron chi connectivity index (χ2n) is 7.63. The van der Waals surface area contributed by atoms with Gasteiger partial charge in [0.15, 0.2) is 11.5 Å². The van der Waals surface area contributed by atoms with E-state index in [0.717, 1.165) is 18.2 Å². The first kappa shape index (κ1) is 17.5. The smallest absolute Gasteiger partial charge is 0.239 e. The molecule has 0 fully saturated rings. The lowest BCUT2D eigenvalue weighted by Crippen LogP contribution is -2.44. The largest absolute Gasteiger partial charge is 0.358 e. The molecule has 136 valence electrons. The summed E-state index contributed by atoms with van der Waals surface area (Å²) in [6.45, 7) is 5.17. The Bertz CT molecular complexity index is 973. The van der Waals surface area contributed by atoms with Crippen molar-refractivity contribution >= 4 is 11.5 Å². The van der Waals surface area contributed by atoms with Crippen molar-refractivity contribution in [1.82, 2.24) is 4.90 Å². The van der Waals surface area contributed by atoms with E-state index in [2.05, 4.69) is 106 Å². The number of rotatable bonds is 4. The lowest BCUT2D eigenvalue weighted by atomic mass is 10.0. The van der Waals surface area contributed by atoms with Crippen molar-refractivity contribution in [2.75, 3.05) is 14.1 Å². The van der Waals surface area contributed by atoms with E-state index in [9.17, 15) is 0 Å². The van der Waals surface area contributed by atoms with Gasteiger partial charge in [0.25, 0.3) is 0 Å². The van der Waals surface area contributed by atoms with E-state index < -0.39 is 0 Å². The van der Waals surface area contributed by atoms with Crippen LogP contribution in [0.5, 0.6) is 0 Å². The molecule has 2 aliphatic heterocycles. The Balaban J connectivity index is 1.95. The highest BCUT2D eigenvalue weighted by Crippen LogP contribution is 2.42. The number of aliphatic imine (C=N–C) groups is 1. The Morgan fingerprint density at radius 2 is 1.63 bits per heavy atom. The summed E-state index contributed by atoms with van der Waals surface area (Å²) < 4.78 is 0.622. The second kappa shape index (κ2) is 6.67. The predicted molar refractivity (Wildman–Crippen MR) is 113 cm³/mol. The molecule has 2 aromatic rings. The fourth-order valence-corrected chi connectivity index (χ4v) is 4.07. The summed E-state index contributed by atoms with van der Waals surface area (Å²) in [5, 5.41) is 0. The predicted octanol–water partition coefficient (Wildman–Crippen LogP) is 5.00. The third-order valence-electron chi connectivity index (χ3n) is 5.13. The zero-order valence-corrected chi connectivity index (χ0v) is 16.5. The van der Waals surface area contributed by atoms with Gasteiger partial charge in [-0.2, -0.15) is 4.99 Å². The Hall–Kier alpha value is -2.91. The number of nitrogens with zero attached hydrogens (tertiary/aromatic N) is 3. The molecule has 0 saturated carbocycles. The molecule has 4 rings (SSSR count). The SMILES string of the molecule is Cc1cc(C)cc(C2=C(N(C)C)N=C3C=CC=C[N+]32Cc2ccccc2)c1. The molecule has 0 aliphatic carbocycles. The molecule has 0 N–H and O–H groups in total. The number of amidine groups is 1. The Labute approximate surface area is 161 Å². The van der Waals surface area contributed by atoms with Crippen LogP contribution in [-0.4, -0.2) is 29.3 Å². The molecule has 1 atom stereocenters. The first-order valence-electron chi connectivity index (χ1n) is 9.37. The molecule has 0 saturated heterocycles. The van der Waals surface area contributed by atoms with Crippen LogP contribution in [0, 0.1) is 13.8 Å². The number of fused-ring (bicyclic) bond motifs is 1. The molecule has 3 heteroatoms. The average Bonchev–Trinajstić information content (AvgIpc) is 2.96. The van der Waals surface area contributed by atoms with Crippen LogP contribution in [0.3, 0.4) is 0 Å². The van der Waals surface area contributed by atoms with E-state index in [-0.39, 0.29) is 0 Å². The summed E-state index contributed by atoms with van der Waals surface area (Å²) in [6, 6.07) is 17.5.